The minimum atomic E-state index is -0.458. The largest absolute Gasteiger partial charge is 0.390 e. The predicted octanol–water partition coefficient (Wildman–Crippen LogP) is 5.41. The summed E-state index contributed by atoms with van der Waals surface area (Å²) in [5.41, 5.74) is -1.37. The zero-order chi connectivity index (χ0) is 20.4. The Bertz CT molecular complexity index is 248. The van der Waals surface area contributed by atoms with Crippen LogP contribution in [0.5, 0.6) is 0 Å². The third-order valence-corrected chi connectivity index (χ3v) is 5.88. The van der Waals surface area contributed by atoms with Crippen LogP contribution >= 0.6 is 0 Å². The van der Waals surface area contributed by atoms with E-state index in [0.717, 1.165) is 19.3 Å². The number of hydrogen-bond donors (Lipinski definition) is 3. The standard InChI is InChI=1S/3C7H16O.Y/c3*1-5-7(4,8)6(2)3;/h3*6,8H,5H2,1-4H3;. The van der Waals surface area contributed by atoms with Crippen molar-refractivity contribution >= 4 is 0 Å². The van der Waals surface area contributed by atoms with Crippen molar-refractivity contribution in [3.63, 3.8) is 0 Å². The topological polar surface area (TPSA) is 60.7 Å². The maximum absolute atomic E-state index is 9.40. The molecule has 3 unspecified atom stereocenters. The van der Waals surface area contributed by atoms with E-state index >= 15 is 0 Å². The molecule has 0 aromatic heterocycles. The molecule has 3 atom stereocenters. The van der Waals surface area contributed by atoms with Crippen LogP contribution in [0.25, 0.3) is 0 Å². The normalized spacial score (nSPS) is 18.0. The first-order valence-corrected chi connectivity index (χ1v) is 9.68. The van der Waals surface area contributed by atoms with Crippen LogP contribution in [-0.4, -0.2) is 32.1 Å². The second-order valence-corrected chi connectivity index (χ2v) is 8.60. The van der Waals surface area contributed by atoms with Crippen molar-refractivity contribution in [3.05, 3.63) is 0 Å². The van der Waals surface area contributed by atoms with Crippen LogP contribution in [0.1, 0.15) is 102 Å². The van der Waals surface area contributed by atoms with E-state index in [0.29, 0.717) is 17.8 Å². The summed E-state index contributed by atoms with van der Waals surface area (Å²) >= 11 is 0. The van der Waals surface area contributed by atoms with Crippen molar-refractivity contribution in [1.82, 2.24) is 0 Å². The quantitative estimate of drug-likeness (QED) is 0.521. The molecular weight excluding hydrogens is 389 g/mol. The number of rotatable bonds is 6. The molecule has 0 saturated heterocycles. The molecule has 4 heteroatoms. The Morgan fingerprint density at radius 2 is 0.640 bits per heavy atom. The SMILES string of the molecule is CCC(C)(O)C(C)C.CCC(C)(O)C(C)C.CCC(C)(O)C(C)C.[Y]. The van der Waals surface area contributed by atoms with Gasteiger partial charge >= 0.3 is 0 Å². The van der Waals surface area contributed by atoms with Crippen LogP contribution in [0, 0.1) is 17.8 Å². The summed E-state index contributed by atoms with van der Waals surface area (Å²) < 4.78 is 0. The smallest absolute Gasteiger partial charge is 0.0639 e. The van der Waals surface area contributed by atoms with E-state index in [2.05, 4.69) is 0 Å². The van der Waals surface area contributed by atoms with Crippen molar-refractivity contribution in [2.45, 2.75) is 119 Å². The van der Waals surface area contributed by atoms with Gasteiger partial charge in [0.15, 0.2) is 0 Å². The fraction of sp³-hybridized carbons (Fsp3) is 1.00. The molecule has 25 heavy (non-hydrogen) atoms. The monoisotopic (exact) mass is 437 g/mol. The van der Waals surface area contributed by atoms with E-state index in [1.807, 2.05) is 83.1 Å². The van der Waals surface area contributed by atoms with Gasteiger partial charge in [-0.2, -0.15) is 0 Å². The molecule has 0 aromatic carbocycles. The van der Waals surface area contributed by atoms with Crippen LogP contribution in [0.3, 0.4) is 0 Å². The Morgan fingerprint density at radius 3 is 0.640 bits per heavy atom. The summed E-state index contributed by atoms with van der Waals surface area (Å²) in [4.78, 5) is 0. The summed E-state index contributed by atoms with van der Waals surface area (Å²) in [5.74, 6) is 1.10. The van der Waals surface area contributed by atoms with Crippen molar-refractivity contribution in [3.8, 4) is 0 Å². The minimum Gasteiger partial charge on any atom is -0.390 e. The Kier molecular flexibility index (Phi) is 20.1. The van der Waals surface area contributed by atoms with Crippen LogP contribution in [0.4, 0.5) is 0 Å². The van der Waals surface area contributed by atoms with Gasteiger partial charge in [0, 0.05) is 32.7 Å². The van der Waals surface area contributed by atoms with Gasteiger partial charge in [-0.1, -0.05) is 62.3 Å². The Labute approximate surface area is 184 Å². The average Bonchev–Trinajstić information content (AvgIpc) is 2.47. The number of hydrogen-bond acceptors (Lipinski definition) is 3. The molecule has 0 saturated carbocycles. The molecule has 0 aliphatic heterocycles. The fourth-order valence-corrected chi connectivity index (χ4v) is 1.22. The van der Waals surface area contributed by atoms with Gasteiger partial charge < -0.3 is 15.3 Å². The maximum atomic E-state index is 9.40. The molecule has 0 spiro atoms. The van der Waals surface area contributed by atoms with Crippen molar-refractivity contribution in [2.24, 2.45) is 17.8 Å². The molecule has 0 fully saturated rings. The molecule has 153 valence electrons. The van der Waals surface area contributed by atoms with Crippen LogP contribution in [0.2, 0.25) is 0 Å². The van der Waals surface area contributed by atoms with Crippen molar-refractivity contribution < 1.29 is 48.0 Å². The van der Waals surface area contributed by atoms with Crippen LogP contribution < -0.4 is 0 Å². The Hall–Kier alpha value is 0.984. The Balaban J connectivity index is -0.000000130. The average molecular weight is 438 g/mol. The predicted molar refractivity (Wildman–Crippen MR) is 107 cm³/mol. The second-order valence-electron chi connectivity index (χ2n) is 8.60. The molecule has 0 bridgehead atoms. The zero-order valence-corrected chi connectivity index (χ0v) is 22.1. The summed E-state index contributed by atoms with van der Waals surface area (Å²) in [6, 6.07) is 0. The molecule has 1 radical (unpaired) electrons. The van der Waals surface area contributed by atoms with Crippen molar-refractivity contribution in [1.29, 1.82) is 0 Å². The second kappa shape index (κ2) is 15.0. The van der Waals surface area contributed by atoms with E-state index < -0.39 is 16.8 Å². The molecule has 0 aliphatic carbocycles. The molecule has 3 nitrogen and oxygen atoms in total. The van der Waals surface area contributed by atoms with Crippen molar-refractivity contribution in [2.75, 3.05) is 0 Å². The molecule has 3 N–H and O–H groups in total. The van der Waals surface area contributed by atoms with E-state index in [4.69, 9.17) is 0 Å². The van der Waals surface area contributed by atoms with E-state index in [1.165, 1.54) is 0 Å². The number of aliphatic hydroxyl groups is 3. The molecule has 0 rings (SSSR count). The van der Waals surface area contributed by atoms with Gasteiger partial charge in [-0.3, -0.25) is 0 Å². The molecule has 0 aromatic rings. The summed E-state index contributed by atoms with van der Waals surface area (Å²) in [6.07, 6.45) is 2.51. The third-order valence-electron chi connectivity index (χ3n) is 5.88. The zero-order valence-electron chi connectivity index (χ0n) is 19.3. The summed E-state index contributed by atoms with van der Waals surface area (Å²) in [5, 5.41) is 28.2. The summed E-state index contributed by atoms with van der Waals surface area (Å²) in [7, 11) is 0. The molecule has 0 aliphatic rings. The molecular formula is C21H48O3Y. The molecule has 0 amide bonds. The first-order chi connectivity index (χ1) is 10.5. The van der Waals surface area contributed by atoms with Gasteiger partial charge in [0.1, 0.15) is 0 Å². The molecule has 0 heterocycles. The van der Waals surface area contributed by atoms with Gasteiger partial charge in [0.25, 0.3) is 0 Å². The van der Waals surface area contributed by atoms with E-state index in [-0.39, 0.29) is 32.7 Å². The van der Waals surface area contributed by atoms with Gasteiger partial charge in [-0.25, -0.2) is 0 Å². The maximum Gasteiger partial charge on any atom is 0.0639 e. The fourth-order valence-electron chi connectivity index (χ4n) is 1.22. The Morgan fingerprint density at radius 1 is 0.520 bits per heavy atom. The van der Waals surface area contributed by atoms with Crippen LogP contribution in [-0.2, 0) is 32.7 Å². The summed E-state index contributed by atoms with van der Waals surface area (Å²) in [6.45, 7) is 23.8. The minimum absolute atomic E-state index is 0. The van der Waals surface area contributed by atoms with Gasteiger partial charge in [0.2, 0.25) is 0 Å². The first kappa shape index (κ1) is 33.6. The van der Waals surface area contributed by atoms with Gasteiger partial charge in [-0.05, 0) is 57.8 Å². The van der Waals surface area contributed by atoms with E-state index in [9.17, 15) is 15.3 Å². The first-order valence-electron chi connectivity index (χ1n) is 9.68. The van der Waals surface area contributed by atoms with Gasteiger partial charge in [0.05, 0.1) is 16.8 Å². The van der Waals surface area contributed by atoms with E-state index in [1.54, 1.807) is 0 Å². The van der Waals surface area contributed by atoms with Crippen LogP contribution in [0.15, 0.2) is 0 Å². The third kappa shape index (κ3) is 16.9. The van der Waals surface area contributed by atoms with Gasteiger partial charge in [-0.15, -0.1) is 0 Å².